The van der Waals surface area contributed by atoms with Crippen LogP contribution in [0.5, 0.6) is 0 Å². The molecule has 1 saturated heterocycles. The number of carbonyl (C=O) groups excluding carboxylic acids is 1. The summed E-state index contributed by atoms with van der Waals surface area (Å²) in [5.74, 6) is 0.164. The molecule has 1 heterocycles. The second-order valence-electron chi connectivity index (χ2n) is 4.89. The summed E-state index contributed by atoms with van der Waals surface area (Å²) in [5, 5.41) is 6.26. The summed E-state index contributed by atoms with van der Waals surface area (Å²) >= 11 is 0. The summed E-state index contributed by atoms with van der Waals surface area (Å²) in [6.07, 6.45) is 2.20. The summed E-state index contributed by atoms with van der Waals surface area (Å²) < 4.78 is 0. The molecular formula is C12H26N4O. The van der Waals surface area contributed by atoms with Gasteiger partial charge >= 0.3 is 0 Å². The van der Waals surface area contributed by atoms with Gasteiger partial charge in [0, 0.05) is 32.7 Å². The fraction of sp³-hybridized carbons (Fsp3) is 0.917. The minimum Gasteiger partial charge on any atom is -0.355 e. The largest absolute Gasteiger partial charge is 0.355 e. The van der Waals surface area contributed by atoms with Crippen LogP contribution in [-0.2, 0) is 4.79 Å². The first-order chi connectivity index (χ1) is 8.18. The zero-order valence-corrected chi connectivity index (χ0v) is 11.2. The number of hydrogen-bond donors (Lipinski definition) is 2. The third kappa shape index (κ3) is 7.31. The molecule has 0 bridgehead atoms. The van der Waals surface area contributed by atoms with Crippen LogP contribution in [0.25, 0.3) is 0 Å². The average Bonchev–Trinajstić information content (AvgIpc) is 2.29. The third-order valence-electron chi connectivity index (χ3n) is 2.93. The van der Waals surface area contributed by atoms with Gasteiger partial charge in [-0.25, -0.2) is 0 Å². The second kappa shape index (κ2) is 8.44. The molecule has 1 amide bonds. The average molecular weight is 242 g/mol. The fourth-order valence-corrected chi connectivity index (χ4v) is 1.91. The number of nitrogens with zero attached hydrogens (tertiary/aromatic N) is 2. The number of amides is 1. The Kier molecular flexibility index (Phi) is 7.16. The first-order valence-corrected chi connectivity index (χ1v) is 6.53. The van der Waals surface area contributed by atoms with Crippen molar-refractivity contribution in [2.24, 2.45) is 0 Å². The van der Waals surface area contributed by atoms with Gasteiger partial charge in [-0.1, -0.05) is 0 Å². The van der Waals surface area contributed by atoms with E-state index in [1.165, 1.54) is 0 Å². The molecule has 5 nitrogen and oxygen atoms in total. The van der Waals surface area contributed by atoms with Crippen LogP contribution in [0.3, 0.4) is 0 Å². The van der Waals surface area contributed by atoms with E-state index < -0.39 is 0 Å². The van der Waals surface area contributed by atoms with E-state index in [9.17, 15) is 4.79 Å². The maximum atomic E-state index is 11.6. The van der Waals surface area contributed by atoms with E-state index in [2.05, 4.69) is 34.5 Å². The van der Waals surface area contributed by atoms with Gasteiger partial charge in [-0.05, 0) is 33.5 Å². The van der Waals surface area contributed by atoms with Crippen molar-refractivity contribution in [2.75, 3.05) is 59.9 Å². The monoisotopic (exact) mass is 242 g/mol. The second-order valence-corrected chi connectivity index (χ2v) is 4.89. The van der Waals surface area contributed by atoms with E-state index in [0.717, 1.165) is 52.1 Å². The third-order valence-corrected chi connectivity index (χ3v) is 2.93. The molecule has 1 aliphatic heterocycles. The lowest BCUT2D eigenvalue weighted by Crippen LogP contribution is -2.47. The molecule has 1 aliphatic rings. The van der Waals surface area contributed by atoms with Gasteiger partial charge in [0.2, 0.25) is 5.91 Å². The topological polar surface area (TPSA) is 47.6 Å². The molecule has 0 saturated carbocycles. The Morgan fingerprint density at radius 2 is 2.00 bits per heavy atom. The van der Waals surface area contributed by atoms with Gasteiger partial charge in [-0.3, -0.25) is 9.69 Å². The normalized spacial score (nSPS) is 17.4. The molecule has 17 heavy (non-hydrogen) atoms. The lowest BCUT2D eigenvalue weighted by atomic mass is 10.3. The van der Waals surface area contributed by atoms with Gasteiger partial charge in [-0.2, -0.15) is 0 Å². The Labute approximate surface area is 105 Å². The van der Waals surface area contributed by atoms with Crippen molar-refractivity contribution in [1.82, 2.24) is 20.4 Å². The fourth-order valence-electron chi connectivity index (χ4n) is 1.91. The Balaban J connectivity index is 1.97. The molecule has 2 N–H and O–H groups in total. The van der Waals surface area contributed by atoms with Gasteiger partial charge in [-0.15, -0.1) is 0 Å². The Bertz CT molecular complexity index is 215. The van der Waals surface area contributed by atoms with Crippen LogP contribution in [0.1, 0.15) is 12.8 Å². The molecule has 0 unspecified atom stereocenters. The summed E-state index contributed by atoms with van der Waals surface area (Å²) in [7, 11) is 4.14. The number of nitrogens with one attached hydrogen (secondary N) is 2. The zero-order chi connectivity index (χ0) is 12.5. The standard InChI is InChI=1S/C12H26N4O/c1-15(2)8-4-3-5-14-12(17)11-16-9-6-13-7-10-16/h13H,3-11H2,1-2H3,(H,14,17). The van der Waals surface area contributed by atoms with Gasteiger partial charge in [0.15, 0.2) is 0 Å². The Hall–Kier alpha value is -0.650. The molecule has 0 aromatic heterocycles. The summed E-state index contributed by atoms with van der Waals surface area (Å²) in [6.45, 7) is 6.40. The lowest BCUT2D eigenvalue weighted by Gasteiger charge is -2.26. The minimum atomic E-state index is 0.164. The van der Waals surface area contributed by atoms with Crippen LogP contribution >= 0.6 is 0 Å². The molecule has 1 fully saturated rings. The highest BCUT2D eigenvalue weighted by atomic mass is 16.2. The van der Waals surface area contributed by atoms with E-state index in [-0.39, 0.29) is 5.91 Å². The van der Waals surface area contributed by atoms with Crippen molar-refractivity contribution < 1.29 is 4.79 Å². The quantitative estimate of drug-likeness (QED) is 0.583. The molecule has 5 heteroatoms. The van der Waals surface area contributed by atoms with Crippen molar-refractivity contribution in [3.63, 3.8) is 0 Å². The maximum absolute atomic E-state index is 11.6. The SMILES string of the molecule is CN(C)CCCCNC(=O)CN1CCNCC1. The van der Waals surface area contributed by atoms with Crippen molar-refractivity contribution >= 4 is 5.91 Å². The van der Waals surface area contributed by atoms with E-state index in [0.29, 0.717) is 6.54 Å². The molecule has 0 spiro atoms. The maximum Gasteiger partial charge on any atom is 0.234 e. The van der Waals surface area contributed by atoms with Crippen molar-refractivity contribution in [3.8, 4) is 0 Å². The Morgan fingerprint density at radius 3 is 2.65 bits per heavy atom. The van der Waals surface area contributed by atoms with Crippen LogP contribution in [0.4, 0.5) is 0 Å². The van der Waals surface area contributed by atoms with Crippen LogP contribution < -0.4 is 10.6 Å². The zero-order valence-electron chi connectivity index (χ0n) is 11.2. The lowest BCUT2D eigenvalue weighted by molar-refractivity contribution is -0.122. The van der Waals surface area contributed by atoms with Crippen LogP contribution in [0.2, 0.25) is 0 Å². The summed E-state index contributed by atoms with van der Waals surface area (Å²) in [5.41, 5.74) is 0. The highest BCUT2D eigenvalue weighted by molar-refractivity contribution is 5.77. The molecule has 0 aliphatic carbocycles. The molecule has 0 atom stereocenters. The van der Waals surface area contributed by atoms with E-state index in [1.807, 2.05) is 0 Å². The number of hydrogen-bond acceptors (Lipinski definition) is 4. The molecule has 100 valence electrons. The predicted molar refractivity (Wildman–Crippen MR) is 70.1 cm³/mol. The summed E-state index contributed by atoms with van der Waals surface area (Å²) in [6, 6.07) is 0. The number of unbranched alkanes of at least 4 members (excludes halogenated alkanes) is 1. The number of carbonyl (C=O) groups is 1. The van der Waals surface area contributed by atoms with Crippen LogP contribution in [0, 0.1) is 0 Å². The first-order valence-electron chi connectivity index (χ1n) is 6.53. The molecular weight excluding hydrogens is 216 g/mol. The highest BCUT2D eigenvalue weighted by Gasteiger charge is 2.12. The molecule has 1 rings (SSSR count). The van der Waals surface area contributed by atoms with Gasteiger partial charge < -0.3 is 15.5 Å². The smallest absolute Gasteiger partial charge is 0.234 e. The van der Waals surface area contributed by atoms with Crippen molar-refractivity contribution in [3.05, 3.63) is 0 Å². The van der Waals surface area contributed by atoms with Crippen LogP contribution in [-0.4, -0.2) is 75.6 Å². The predicted octanol–water partition coefficient (Wildman–Crippen LogP) is -0.650. The number of rotatable bonds is 7. The molecule has 0 aromatic rings. The first kappa shape index (κ1) is 14.4. The Morgan fingerprint density at radius 1 is 1.29 bits per heavy atom. The van der Waals surface area contributed by atoms with Gasteiger partial charge in [0.1, 0.15) is 0 Å². The molecule has 0 aromatic carbocycles. The van der Waals surface area contributed by atoms with E-state index in [4.69, 9.17) is 0 Å². The number of piperazine rings is 1. The van der Waals surface area contributed by atoms with Crippen molar-refractivity contribution in [1.29, 1.82) is 0 Å². The summed E-state index contributed by atoms with van der Waals surface area (Å²) in [4.78, 5) is 16.0. The minimum absolute atomic E-state index is 0.164. The van der Waals surface area contributed by atoms with Gasteiger partial charge in [0.05, 0.1) is 6.54 Å². The molecule has 0 radical (unpaired) electrons. The van der Waals surface area contributed by atoms with Crippen LogP contribution in [0.15, 0.2) is 0 Å². The van der Waals surface area contributed by atoms with E-state index in [1.54, 1.807) is 0 Å². The van der Waals surface area contributed by atoms with Crippen molar-refractivity contribution in [2.45, 2.75) is 12.8 Å². The highest BCUT2D eigenvalue weighted by Crippen LogP contribution is 1.92. The van der Waals surface area contributed by atoms with E-state index >= 15 is 0 Å². The van der Waals surface area contributed by atoms with Gasteiger partial charge in [0.25, 0.3) is 0 Å².